The van der Waals surface area contributed by atoms with Crippen LogP contribution in [0, 0.1) is 0 Å². The molecular formula is C17H16O3. The van der Waals surface area contributed by atoms with E-state index in [0.717, 1.165) is 11.1 Å². The monoisotopic (exact) mass is 268 g/mol. The molecule has 0 aliphatic carbocycles. The van der Waals surface area contributed by atoms with Crippen LogP contribution in [0.5, 0.6) is 0 Å². The average Bonchev–Trinajstić information content (AvgIpc) is 2.49. The van der Waals surface area contributed by atoms with Crippen LogP contribution in [0.1, 0.15) is 18.1 Å². The summed E-state index contributed by atoms with van der Waals surface area (Å²) in [6.45, 7) is 2.02. The molecule has 2 aromatic rings. The van der Waals surface area contributed by atoms with Gasteiger partial charge in [0.15, 0.2) is 0 Å². The van der Waals surface area contributed by atoms with Crippen molar-refractivity contribution in [3.05, 3.63) is 71.8 Å². The predicted molar refractivity (Wildman–Crippen MR) is 78.9 cm³/mol. The zero-order valence-corrected chi connectivity index (χ0v) is 11.3. The fourth-order valence-electron chi connectivity index (χ4n) is 1.71. The van der Waals surface area contributed by atoms with Gasteiger partial charge in [0.1, 0.15) is 5.76 Å². The van der Waals surface area contributed by atoms with Crippen LogP contribution in [0.2, 0.25) is 0 Å². The summed E-state index contributed by atoms with van der Waals surface area (Å²) in [5, 5.41) is 0. The number of benzene rings is 2. The van der Waals surface area contributed by atoms with E-state index in [-0.39, 0.29) is 6.61 Å². The first-order valence-corrected chi connectivity index (χ1v) is 6.46. The Balaban J connectivity index is 2.29. The number of ether oxygens (including phenoxy) is 2. The third-order valence-corrected chi connectivity index (χ3v) is 2.61. The van der Waals surface area contributed by atoms with Crippen molar-refractivity contribution in [1.29, 1.82) is 0 Å². The molecule has 0 aromatic heterocycles. The SMILES string of the molecule is CCOC(=O)OC(=Cc1ccccc1)c1ccccc1. The molecule has 0 bridgehead atoms. The standard InChI is InChI=1S/C17H16O3/c1-2-19-17(18)20-16(15-11-7-4-8-12-15)13-14-9-5-3-6-10-14/h3-13H,2H2,1H3. The van der Waals surface area contributed by atoms with Crippen molar-refractivity contribution in [1.82, 2.24) is 0 Å². The molecule has 0 saturated carbocycles. The van der Waals surface area contributed by atoms with Gasteiger partial charge in [-0.1, -0.05) is 60.7 Å². The maximum Gasteiger partial charge on any atom is 0.513 e. The minimum atomic E-state index is -0.696. The fourth-order valence-corrected chi connectivity index (χ4v) is 1.71. The van der Waals surface area contributed by atoms with Gasteiger partial charge in [-0.2, -0.15) is 0 Å². The van der Waals surface area contributed by atoms with E-state index in [2.05, 4.69) is 0 Å². The zero-order valence-electron chi connectivity index (χ0n) is 11.3. The zero-order chi connectivity index (χ0) is 14.2. The molecule has 2 rings (SSSR count). The van der Waals surface area contributed by atoms with Crippen molar-refractivity contribution in [2.24, 2.45) is 0 Å². The van der Waals surface area contributed by atoms with Crippen LogP contribution in [0.4, 0.5) is 4.79 Å². The Bertz CT molecular complexity index is 574. The van der Waals surface area contributed by atoms with E-state index in [4.69, 9.17) is 9.47 Å². The molecule has 0 fully saturated rings. The molecule has 0 radical (unpaired) electrons. The van der Waals surface area contributed by atoms with Crippen molar-refractivity contribution < 1.29 is 14.3 Å². The third kappa shape index (κ3) is 3.99. The Morgan fingerprint density at radius 2 is 1.60 bits per heavy atom. The molecule has 20 heavy (non-hydrogen) atoms. The summed E-state index contributed by atoms with van der Waals surface area (Å²) >= 11 is 0. The van der Waals surface area contributed by atoms with E-state index in [1.807, 2.05) is 66.7 Å². The Labute approximate surface area is 118 Å². The molecule has 3 heteroatoms. The van der Waals surface area contributed by atoms with Gasteiger partial charge in [0.05, 0.1) is 6.61 Å². The van der Waals surface area contributed by atoms with Crippen molar-refractivity contribution in [2.45, 2.75) is 6.92 Å². The molecular weight excluding hydrogens is 252 g/mol. The number of hydrogen-bond donors (Lipinski definition) is 0. The molecule has 0 saturated heterocycles. The topological polar surface area (TPSA) is 35.5 Å². The van der Waals surface area contributed by atoms with Crippen LogP contribution >= 0.6 is 0 Å². The van der Waals surface area contributed by atoms with Gasteiger partial charge in [-0.15, -0.1) is 0 Å². The molecule has 102 valence electrons. The van der Waals surface area contributed by atoms with Crippen molar-refractivity contribution in [3.8, 4) is 0 Å². The fraction of sp³-hybridized carbons (Fsp3) is 0.118. The maximum absolute atomic E-state index is 11.5. The van der Waals surface area contributed by atoms with Crippen molar-refractivity contribution in [3.63, 3.8) is 0 Å². The number of carbonyl (C=O) groups excluding carboxylic acids is 1. The van der Waals surface area contributed by atoms with Crippen LogP contribution < -0.4 is 0 Å². The Morgan fingerprint density at radius 3 is 2.20 bits per heavy atom. The van der Waals surface area contributed by atoms with Gasteiger partial charge >= 0.3 is 6.16 Å². The van der Waals surface area contributed by atoms with Crippen molar-refractivity contribution >= 4 is 18.0 Å². The predicted octanol–water partition coefficient (Wildman–Crippen LogP) is 4.36. The molecule has 2 aromatic carbocycles. The first-order chi connectivity index (χ1) is 9.79. The van der Waals surface area contributed by atoms with Gasteiger partial charge < -0.3 is 9.47 Å². The van der Waals surface area contributed by atoms with Crippen LogP contribution in [0.15, 0.2) is 60.7 Å². The van der Waals surface area contributed by atoms with Gasteiger partial charge in [-0.05, 0) is 18.6 Å². The largest absolute Gasteiger partial charge is 0.513 e. The highest BCUT2D eigenvalue weighted by molar-refractivity contribution is 5.82. The number of carbonyl (C=O) groups is 1. The molecule has 0 N–H and O–H groups in total. The summed E-state index contributed by atoms with van der Waals surface area (Å²) in [7, 11) is 0. The van der Waals surface area contributed by atoms with E-state index in [0.29, 0.717) is 5.76 Å². The van der Waals surface area contributed by atoms with Crippen LogP contribution in [-0.4, -0.2) is 12.8 Å². The summed E-state index contributed by atoms with van der Waals surface area (Å²) in [5.41, 5.74) is 1.78. The lowest BCUT2D eigenvalue weighted by Gasteiger charge is -2.09. The Morgan fingerprint density at radius 1 is 1.00 bits per heavy atom. The van der Waals surface area contributed by atoms with Gasteiger partial charge in [0.25, 0.3) is 0 Å². The minimum absolute atomic E-state index is 0.284. The van der Waals surface area contributed by atoms with Crippen molar-refractivity contribution in [2.75, 3.05) is 6.61 Å². The second kappa shape index (κ2) is 7.14. The molecule has 0 spiro atoms. The molecule has 0 amide bonds. The third-order valence-electron chi connectivity index (χ3n) is 2.61. The second-order valence-corrected chi connectivity index (χ2v) is 4.07. The minimum Gasteiger partial charge on any atom is -0.434 e. The number of rotatable bonds is 4. The summed E-state index contributed by atoms with van der Waals surface area (Å²) in [6.07, 6.45) is 1.12. The summed E-state index contributed by atoms with van der Waals surface area (Å²) in [5.74, 6) is 0.468. The lowest BCUT2D eigenvalue weighted by atomic mass is 10.1. The van der Waals surface area contributed by atoms with Gasteiger partial charge in [-0.25, -0.2) is 4.79 Å². The Kier molecular flexibility index (Phi) is 4.95. The van der Waals surface area contributed by atoms with Crippen LogP contribution in [-0.2, 0) is 9.47 Å². The molecule has 0 heterocycles. The lowest BCUT2D eigenvalue weighted by molar-refractivity contribution is 0.0956. The first kappa shape index (κ1) is 13.9. The summed E-state index contributed by atoms with van der Waals surface area (Å²) < 4.78 is 10.1. The molecule has 0 aliphatic heterocycles. The van der Waals surface area contributed by atoms with E-state index >= 15 is 0 Å². The van der Waals surface area contributed by atoms with E-state index in [1.54, 1.807) is 6.92 Å². The maximum atomic E-state index is 11.5. The quantitative estimate of drug-likeness (QED) is 0.469. The highest BCUT2D eigenvalue weighted by Crippen LogP contribution is 2.20. The van der Waals surface area contributed by atoms with Crippen LogP contribution in [0.25, 0.3) is 11.8 Å². The van der Waals surface area contributed by atoms with Gasteiger partial charge in [-0.3, -0.25) is 0 Å². The summed E-state index contributed by atoms with van der Waals surface area (Å²) in [4.78, 5) is 11.5. The smallest absolute Gasteiger partial charge is 0.434 e. The second-order valence-electron chi connectivity index (χ2n) is 4.07. The molecule has 0 unspecified atom stereocenters. The van der Waals surface area contributed by atoms with E-state index in [9.17, 15) is 4.79 Å². The normalized spacial score (nSPS) is 10.9. The highest BCUT2D eigenvalue weighted by atomic mass is 16.7. The average molecular weight is 268 g/mol. The van der Waals surface area contributed by atoms with E-state index in [1.165, 1.54) is 0 Å². The van der Waals surface area contributed by atoms with E-state index < -0.39 is 6.16 Å². The lowest BCUT2D eigenvalue weighted by Crippen LogP contribution is -2.06. The van der Waals surface area contributed by atoms with Gasteiger partial charge in [0, 0.05) is 5.56 Å². The molecule has 0 aliphatic rings. The Hall–Kier alpha value is -2.55. The number of hydrogen-bond acceptors (Lipinski definition) is 3. The van der Waals surface area contributed by atoms with Gasteiger partial charge in [0.2, 0.25) is 0 Å². The molecule has 3 nitrogen and oxygen atoms in total. The van der Waals surface area contributed by atoms with Crippen LogP contribution in [0.3, 0.4) is 0 Å². The molecule has 0 atom stereocenters. The summed E-state index contributed by atoms with van der Waals surface area (Å²) in [6, 6.07) is 19.1. The highest BCUT2D eigenvalue weighted by Gasteiger charge is 2.10. The first-order valence-electron chi connectivity index (χ1n) is 6.46.